The fraction of sp³-hybridized carbons (Fsp3) is 0.290. The number of carbonyl (C=O) groups is 1. The largest absolute Gasteiger partial charge is 0.508 e. The van der Waals surface area contributed by atoms with E-state index in [-0.39, 0.29) is 23.4 Å². The second-order valence-electron chi connectivity index (χ2n) is 10.7. The monoisotopic (exact) mass is 528 g/mol. The number of carbonyl (C=O) groups excluding carboxylic acids is 1. The molecule has 200 valence electrons. The number of aromatic nitrogens is 2. The zero-order chi connectivity index (χ0) is 27.3. The number of phenolic OH excluding ortho intramolecular Hbond substituents is 1. The maximum absolute atomic E-state index is 16.0. The SMILES string of the molecule is Cc1cnc(C(c2cc(F)ccc2O)N2Cc3ccc(-c4ccc(C5CCN(C)CC5)cc4)c(F)c3C2=O)[nH]1. The molecule has 8 heteroatoms. The molecular formula is C31H30F2N4O2. The number of halogens is 2. The van der Waals surface area contributed by atoms with Gasteiger partial charge in [-0.05, 0) is 80.7 Å². The second-order valence-corrected chi connectivity index (χ2v) is 10.7. The van der Waals surface area contributed by atoms with Crippen LogP contribution in [0.2, 0.25) is 0 Å². The number of imidazole rings is 1. The molecule has 1 saturated heterocycles. The van der Waals surface area contributed by atoms with Gasteiger partial charge in [-0.15, -0.1) is 0 Å². The van der Waals surface area contributed by atoms with E-state index in [1.54, 1.807) is 18.3 Å². The van der Waals surface area contributed by atoms with Crippen molar-refractivity contribution in [3.8, 4) is 16.9 Å². The van der Waals surface area contributed by atoms with Crippen molar-refractivity contribution >= 4 is 5.91 Å². The van der Waals surface area contributed by atoms with Crippen LogP contribution < -0.4 is 0 Å². The van der Waals surface area contributed by atoms with Crippen molar-refractivity contribution in [2.24, 2.45) is 0 Å². The smallest absolute Gasteiger partial charge is 0.258 e. The molecule has 1 aromatic heterocycles. The number of aryl methyl sites for hydroxylation is 1. The first-order chi connectivity index (χ1) is 18.8. The first kappa shape index (κ1) is 25.2. The third-order valence-corrected chi connectivity index (χ3v) is 8.03. The molecule has 3 aromatic carbocycles. The molecule has 1 atom stereocenters. The molecule has 1 amide bonds. The van der Waals surface area contributed by atoms with Crippen LogP contribution in [0.4, 0.5) is 8.78 Å². The maximum atomic E-state index is 16.0. The van der Waals surface area contributed by atoms with Gasteiger partial charge in [0.2, 0.25) is 0 Å². The summed E-state index contributed by atoms with van der Waals surface area (Å²) in [6.45, 7) is 4.04. The zero-order valence-corrected chi connectivity index (χ0v) is 21.9. The number of fused-ring (bicyclic) bond motifs is 1. The number of H-pyrrole nitrogens is 1. The third-order valence-electron chi connectivity index (χ3n) is 8.03. The topological polar surface area (TPSA) is 72.5 Å². The molecule has 1 unspecified atom stereocenters. The average molecular weight is 529 g/mol. The standard InChI is InChI=1S/C31H30F2N4O2/c1-18-16-34-30(35-18)29(25-15-23(32)8-10-26(25)38)37-17-22-7-9-24(28(33)27(22)31(37)39)21-5-3-19(4-6-21)20-11-13-36(2)14-12-20/h3-10,15-16,20,29,38H,11-14,17H2,1-2H3,(H,34,35). The van der Waals surface area contributed by atoms with Crippen LogP contribution in [0, 0.1) is 18.6 Å². The van der Waals surface area contributed by atoms with Crippen LogP contribution in [0.3, 0.4) is 0 Å². The predicted octanol–water partition coefficient (Wildman–Crippen LogP) is 5.92. The van der Waals surface area contributed by atoms with E-state index in [2.05, 4.69) is 34.0 Å². The Labute approximate surface area is 225 Å². The van der Waals surface area contributed by atoms with Crippen molar-refractivity contribution in [2.75, 3.05) is 20.1 Å². The number of piperidine rings is 1. The molecule has 0 spiro atoms. The summed E-state index contributed by atoms with van der Waals surface area (Å²) in [6.07, 6.45) is 3.80. The zero-order valence-electron chi connectivity index (χ0n) is 21.9. The number of hydrogen-bond donors (Lipinski definition) is 2. The lowest BCUT2D eigenvalue weighted by molar-refractivity contribution is 0.0720. The molecule has 6 nitrogen and oxygen atoms in total. The normalized spacial score (nSPS) is 17.0. The van der Waals surface area contributed by atoms with Gasteiger partial charge in [-0.25, -0.2) is 13.8 Å². The van der Waals surface area contributed by atoms with Gasteiger partial charge in [0.25, 0.3) is 5.91 Å². The van der Waals surface area contributed by atoms with E-state index in [1.165, 1.54) is 22.6 Å². The number of phenols is 1. The van der Waals surface area contributed by atoms with Gasteiger partial charge >= 0.3 is 0 Å². The van der Waals surface area contributed by atoms with Crippen molar-refractivity contribution in [3.63, 3.8) is 0 Å². The highest BCUT2D eigenvalue weighted by atomic mass is 19.1. The molecule has 0 saturated carbocycles. The van der Waals surface area contributed by atoms with Gasteiger partial charge in [-0.1, -0.05) is 36.4 Å². The molecule has 3 heterocycles. The quantitative estimate of drug-likeness (QED) is 0.337. The van der Waals surface area contributed by atoms with Crippen LogP contribution in [-0.4, -0.2) is 50.9 Å². The first-order valence-electron chi connectivity index (χ1n) is 13.2. The van der Waals surface area contributed by atoms with Gasteiger partial charge in [0.1, 0.15) is 29.3 Å². The van der Waals surface area contributed by atoms with E-state index in [0.717, 1.165) is 37.7 Å². The fourth-order valence-corrected chi connectivity index (χ4v) is 5.87. The number of aromatic amines is 1. The number of amides is 1. The third kappa shape index (κ3) is 4.59. The lowest BCUT2D eigenvalue weighted by Crippen LogP contribution is -2.31. The summed E-state index contributed by atoms with van der Waals surface area (Å²) < 4.78 is 30.2. The Balaban J connectivity index is 1.34. The van der Waals surface area contributed by atoms with Crippen LogP contribution in [-0.2, 0) is 6.54 Å². The molecule has 2 aliphatic rings. The summed E-state index contributed by atoms with van der Waals surface area (Å²) in [6, 6.07) is 14.1. The summed E-state index contributed by atoms with van der Waals surface area (Å²) in [7, 11) is 2.14. The van der Waals surface area contributed by atoms with E-state index in [1.807, 2.05) is 19.1 Å². The number of benzene rings is 3. The maximum Gasteiger partial charge on any atom is 0.258 e. The van der Waals surface area contributed by atoms with Gasteiger partial charge in [0.15, 0.2) is 0 Å². The Hall–Kier alpha value is -4.04. The van der Waals surface area contributed by atoms with E-state index < -0.39 is 23.6 Å². The Morgan fingerprint density at radius 1 is 1.05 bits per heavy atom. The Morgan fingerprint density at radius 3 is 2.49 bits per heavy atom. The molecule has 2 N–H and O–H groups in total. The first-order valence-corrected chi connectivity index (χ1v) is 13.2. The molecule has 0 radical (unpaired) electrons. The van der Waals surface area contributed by atoms with Crippen LogP contribution in [0.15, 0.2) is 60.8 Å². The van der Waals surface area contributed by atoms with E-state index in [9.17, 15) is 14.3 Å². The molecule has 1 fully saturated rings. The van der Waals surface area contributed by atoms with Gasteiger partial charge in [-0.2, -0.15) is 0 Å². The van der Waals surface area contributed by atoms with Crippen LogP contribution >= 0.6 is 0 Å². The van der Waals surface area contributed by atoms with E-state index >= 15 is 4.39 Å². The van der Waals surface area contributed by atoms with Crippen molar-refractivity contribution in [1.29, 1.82) is 0 Å². The number of nitrogens with one attached hydrogen (secondary N) is 1. The highest BCUT2D eigenvalue weighted by Gasteiger charge is 2.39. The highest BCUT2D eigenvalue weighted by molar-refractivity contribution is 6.00. The highest BCUT2D eigenvalue weighted by Crippen LogP contribution is 2.41. The van der Waals surface area contributed by atoms with Crippen molar-refractivity contribution in [3.05, 3.63) is 106 Å². The molecule has 4 aromatic rings. The molecule has 2 aliphatic heterocycles. The number of aromatic hydroxyl groups is 1. The van der Waals surface area contributed by atoms with Crippen molar-refractivity contribution in [1.82, 2.24) is 19.8 Å². The molecule has 0 aliphatic carbocycles. The van der Waals surface area contributed by atoms with E-state index in [0.29, 0.717) is 28.4 Å². The number of rotatable bonds is 5. The van der Waals surface area contributed by atoms with Crippen LogP contribution in [0.5, 0.6) is 5.75 Å². The summed E-state index contributed by atoms with van der Waals surface area (Å²) in [5, 5.41) is 10.6. The minimum Gasteiger partial charge on any atom is -0.508 e. The molecule has 6 rings (SSSR count). The lowest BCUT2D eigenvalue weighted by Gasteiger charge is -2.29. The van der Waals surface area contributed by atoms with Crippen molar-refractivity contribution in [2.45, 2.75) is 38.3 Å². The average Bonchev–Trinajstić information content (AvgIpc) is 3.50. The Bertz CT molecular complexity index is 1540. The van der Waals surface area contributed by atoms with Gasteiger partial charge < -0.3 is 19.9 Å². The van der Waals surface area contributed by atoms with E-state index in [4.69, 9.17) is 0 Å². The summed E-state index contributed by atoms with van der Waals surface area (Å²) in [5.41, 5.74) is 3.77. The minimum absolute atomic E-state index is 0.00364. The molecular weight excluding hydrogens is 498 g/mol. The molecule has 0 bridgehead atoms. The van der Waals surface area contributed by atoms with Crippen LogP contribution in [0.1, 0.15) is 63.4 Å². The summed E-state index contributed by atoms with van der Waals surface area (Å²) >= 11 is 0. The second kappa shape index (κ2) is 9.93. The lowest BCUT2D eigenvalue weighted by atomic mass is 9.88. The summed E-state index contributed by atoms with van der Waals surface area (Å²) in [4.78, 5) is 25.0. The van der Waals surface area contributed by atoms with Gasteiger partial charge in [0, 0.05) is 29.6 Å². The molecule has 39 heavy (non-hydrogen) atoms. The van der Waals surface area contributed by atoms with Gasteiger partial charge in [-0.3, -0.25) is 4.79 Å². The minimum atomic E-state index is -0.925. The number of nitrogens with zero attached hydrogens (tertiary/aromatic N) is 3. The van der Waals surface area contributed by atoms with Gasteiger partial charge in [0.05, 0.1) is 5.56 Å². The Morgan fingerprint density at radius 2 is 1.79 bits per heavy atom. The Kier molecular flexibility index (Phi) is 6.43. The summed E-state index contributed by atoms with van der Waals surface area (Å²) in [5.74, 6) is -0.987. The number of hydrogen-bond acceptors (Lipinski definition) is 4. The van der Waals surface area contributed by atoms with Crippen LogP contribution in [0.25, 0.3) is 11.1 Å². The van der Waals surface area contributed by atoms with Crippen molar-refractivity contribution < 1.29 is 18.7 Å². The predicted molar refractivity (Wildman–Crippen MR) is 144 cm³/mol. The fourth-order valence-electron chi connectivity index (χ4n) is 5.87. The number of likely N-dealkylation sites (tertiary alicyclic amines) is 1.